The molecule has 0 radical (unpaired) electrons. The number of carbonyl (C=O) groups excluding carboxylic acids is 1. The highest BCUT2D eigenvalue weighted by molar-refractivity contribution is 9.10. The van der Waals surface area contributed by atoms with E-state index in [9.17, 15) is 14.7 Å². The summed E-state index contributed by atoms with van der Waals surface area (Å²) in [4.78, 5) is 29.2. The second-order valence-corrected chi connectivity index (χ2v) is 4.66. The van der Waals surface area contributed by atoms with Gasteiger partial charge >= 0.3 is 0 Å². The SMILES string of the molecule is Cc1cc(NC(=O)c2cc(O)[nH]c(=O)c2)cnc1Br. The highest BCUT2D eigenvalue weighted by atomic mass is 79.9. The molecular weight excluding hydrogens is 314 g/mol. The number of halogens is 1. The number of aryl methyl sites for hydroxylation is 1. The third-order valence-electron chi connectivity index (χ3n) is 2.36. The summed E-state index contributed by atoms with van der Waals surface area (Å²) in [7, 11) is 0. The van der Waals surface area contributed by atoms with Gasteiger partial charge in [-0.2, -0.15) is 0 Å². The van der Waals surface area contributed by atoms with Crippen molar-refractivity contribution in [3.8, 4) is 5.88 Å². The smallest absolute Gasteiger partial charge is 0.256 e. The zero-order valence-electron chi connectivity index (χ0n) is 9.90. The average Bonchev–Trinajstić information content (AvgIpc) is 2.32. The maximum Gasteiger partial charge on any atom is 0.256 e. The molecule has 0 aliphatic rings. The molecule has 1 amide bonds. The molecule has 0 aliphatic carbocycles. The topological polar surface area (TPSA) is 95.1 Å². The molecule has 0 saturated carbocycles. The molecule has 2 heterocycles. The van der Waals surface area contributed by atoms with Crippen molar-refractivity contribution in [1.29, 1.82) is 0 Å². The zero-order chi connectivity index (χ0) is 14.0. The summed E-state index contributed by atoms with van der Waals surface area (Å²) in [5, 5.41) is 11.8. The summed E-state index contributed by atoms with van der Waals surface area (Å²) in [6.45, 7) is 1.84. The Morgan fingerprint density at radius 3 is 2.79 bits per heavy atom. The number of pyridine rings is 2. The predicted octanol–water partition coefficient (Wildman–Crippen LogP) is 1.80. The molecule has 0 fully saturated rings. The molecule has 98 valence electrons. The van der Waals surface area contributed by atoms with Crippen LogP contribution in [0.5, 0.6) is 5.88 Å². The van der Waals surface area contributed by atoms with Crippen molar-refractivity contribution in [2.45, 2.75) is 6.92 Å². The lowest BCUT2D eigenvalue weighted by Gasteiger charge is -2.06. The minimum absolute atomic E-state index is 0.0711. The minimum atomic E-state index is -0.546. The molecule has 0 aliphatic heterocycles. The fourth-order valence-corrected chi connectivity index (χ4v) is 1.71. The van der Waals surface area contributed by atoms with Crippen LogP contribution in [0.25, 0.3) is 0 Å². The molecule has 0 bridgehead atoms. The molecule has 0 unspecified atom stereocenters. The van der Waals surface area contributed by atoms with E-state index in [1.807, 2.05) is 6.92 Å². The number of aromatic nitrogens is 2. The summed E-state index contributed by atoms with van der Waals surface area (Å²) >= 11 is 3.26. The maximum atomic E-state index is 11.9. The molecule has 3 N–H and O–H groups in total. The van der Waals surface area contributed by atoms with Crippen LogP contribution < -0.4 is 10.9 Å². The largest absolute Gasteiger partial charge is 0.494 e. The molecule has 19 heavy (non-hydrogen) atoms. The van der Waals surface area contributed by atoms with Gasteiger partial charge in [-0.25, -0.2) is 4.98 Å². The highest BCUT2D eigenvalue weighted by Crippen LogP contribution is 2.17. The number of aromatic hydroxyl groups is 1. The molecule has 2 aromatic heterocycles. The van der Waals surface area contributed by atoms with Gasteiger partial charge < -0.3 is 10.4 Å². The van der Waals surface area contributed by atoms with Crippen molar-refractivity contribution >= 4 is 27.5 Å². The van der Waals surface area contributed by atoms with E-state index in [-0.39, 0.29) is 11.4 Å². The van der Waals surface area contributed by atoms with Gasteiger partial charge in [0.25, 0.3) is 11.5 Å². The minimum Gasteiger partial charge on any atom is -0.494 e. The van der Waals surface area contributed by atoms with Crippen molar-refractivity contribution < 1.29 is 9.90 Å². The number of H-pyrrole nitrogens is 1. The molecule has 0 aromatic carbocycles. The molecule has 6 nitrogen and oxygen atoms in total. The maximum absolute atomic E-state index is 11.9. The van der Waals surface area contributed by atoms with Gasteiger partial charge in [0.15, 0.2) is 5.88 Å². The molecular formula is C12H10BrN3O3. The molecule has 2 aromatic rings. The van der Waals surface area contributed by atoms with Gasteiger partial charge in [-0.3, -0.25) is 14.6 Å². The van der Waals surface area contributed by atoms with Crippen molar-refractivity contribution in [3.05, 3.63) is 50.5 Å². The molecule has 0 spiro atoms. The molecule has 2 rings (SSSR count). The first-order valence-electron chi connectivity index (χ1n) is 5.32. The standard InChI is InChI=1S/C12H10BrN3O3/c1-6-2-8(5-14-11(6)13)15-12(19)7-3-9(17)16-10(18)4-7/h2-5H,1H3,(H,15,19)(H2,16,17,18). The van der Waals surface area contributed by atoms with Gasteiger partial charge in [-0.05, 0) is 34.5 Å². The van der Waals surface area contributed by atoms with Crippen molar-refractivity contribution in [2.24, 2.45) is 0 Å². The van der Waals surface area contributed by atoms with Gasteiger partial charge in [0.2, 0.25) is 0 Å². The normalized spacial score (nSPS) is 10.2. The van der Waals surface area contributed by atoms with Crippen LogP contribution in [0.15, 0.2) is 33.8 Å². The van der Waals surface area contributed by atoms with Gasteiger partial charge in [-0.1, -0.05) is 0 Å². The lowest BCUT2D eigenvalue weighted by Crippen LogP contribution is -2.16. The second kappa shape index (κ2) is 5.23. The highest BCUT2D eigenvalue weighted by Gasteiger charge is 2.09. The van der Waals surface area contributed by atoms with Crippen molar-refractivity contribution in [2.75, 3.05) is 5.32 Å². The van der Waals surface area contributed by atoms with Crippen molar-refractivity contribution in [1.82, 2.24) is 9.97 Å². The van der Waals surface area contributed by atoms with Crippen LogP contribution in [0, 0.1) is 6.92 Å². The number of aromatic amines is 1. The Morgan fingerprint density at radius 1 is 1.42 bits per heavy atom. The van der Waals surface area contributed by atoms with Gasteiger partial charge in [-0.15, -0.1) is 0 Å². The Labute approximate surface area is 116 Å². The monoisotopic (exact) mass is 323 g/mol. The van der Waals surface area contributed by atoms with E-state index in [1.165, 1.54) is 12.3 Å². The Bertz CT molecular complexity index is 697. The number of nitrogens with one attached hydrogen (secondary N) is 2. The summed E-state index contributed by atoms with van der Waals surface area (Å²) < 4.78 is 0.694. The number of carbonyl (C=O) groups is 1. The van der Waals surface area contributed by atoms with E-state index in [0.717, 1.165) is 11.6 Å². The van der Waals surface area contributed by atoms with E-state index >= 15 is 0 Å². The van der Waals surface area contributed by atoms with E-state index in [1.54, 1.807) is 6.07 Å². The Balaban J connectivity index is 2.25. The van der Waals surface area contributed by atoms with E-state index in [0.29, 0.717) is 10.3 Å². The van der Waals surface area contributed by atoms with E-state index in [4.69, 9.17) is 0 Å². The first kappa shape index (κ1) is 13.3. The summed E-state index contributed by atoms with van der Waals surface area (Å²) in [6.07, 6.45) is 1.49. The quantitative estimate of drug-likeness (QED) is 0.734. The third-order valence-corrected chi connectivity index (χ3v) is 3.19. The lowest BCUT2D eigenvalue weighted by molar-refractivity contribution is 0.102. The number of nitrogens with zero attached hydrogens (tertiary/aromatic N) is 1. The van der Waals surface area contributed by atoms with E-state index in [2.05, 4.69) is 31.2 Å². The van der Waals surface area contributed by atoms with Gasteiger partial charge in [0, 0.05) is 12.1 Å². The van der Waals surface area contributed by atoms with Gasteiger partial charge in [0.05, 0.1) is 17.4 Å². The number of rotatable bonds is 2. The van der Waals surface area contributed by atoms with E-state index < -0.39 is 11.5 Å². The molecule has 7 heteroatoms. The number of hydrogen-bond donors (Lipinski definition) is 3. The van der Waals surface area contributed by atoms with Crippen LogP contribution in [-0.2, 0) is 0 Å². The number of anilines is 1. The lowest BCUT2D eigenvalue weighted by atomic mass is 10.2. The average molecular weight is 324 g/mol. The Hall–Kier alpha value is -2.15. The zero-order valence-corrected chi connectivity index (χ0v) is 11.5. The Kier molecular flexibility index (Phi) is 3.66. The van der Waals surface area contributed by atoms with Crippen LogP contribution in [0.2, 0.25) is 0 Å². The predicted molar refractivity (Wildman–Crippen MR) is 73.4 cm³/mol. The van der Waals surface area contributed by atoms with Crippen molar-refractivity contribution in [3.63, 3.8) is 0 Å². The third kappa shape index (κ3) is 3.19. The summed E-state index contributed by atoms with van der Waals surface area (Å²) in [6, 6.07) is 4.02. The van der Waals surface area contributed by atoms with Crippen LogP contribution >= 0.6 is 15.9 Å². The summed E-state index contributed by atoms with van der Waals surface area (Å²) in [5.41, 5.74) is 0.897. The van der Waals surface area contributed by atoms with Gasteiger partial charge in [0.1, 0.15) is 4.60 Å². The first-order chi connectivity index (χ1) is 8.95. The van der Waals surface area contributed by atoms with Crippen LogP contribution in [0.4, 0.5) is 5.69 Å². The van der Waals surface area contributed by atoms with Crippen LogP contribution in [-0.4, -0.2) is 21.0 Å². The Morgan fingerprint density at radius 2 is 2.16 bits per heavy atom. The fraction of sp³-hybridized carbons (Fsp3) is 0.0833. The van der Waals surface area contributed by atoms with Crippen LogP contribution in [0.1, 0.15) is 15.9 Å². The first-order valence-corrected chi connectivity index (χ1v) is 6.12. The number of amides is 1. The second-order valence-electron chi connectivity index (χ2n) is 3.90. The molecule has 0 saturated heterocycles. The number of hydrogen-bond acceptors (Lipinski definition) is 4. The fourth-order valence-electron chi connectivity index (χ4n) is 1.49. The molecule has 0 atom stereocenters. The van der Waals surface area contributed by atoms with Crippen LogP contribution in [0.3, 0.4) is 0 Å². The summed E-state index contributed by atoms with van der Waals surface area (Å²) in [5.74, 6) is -0.854.